The first-order valence-corrected chi connectivity index (χ1v) is 7.28. The van der Waals surface area contributed by atoms with E-state index in [9.17, 15) is 0 Å². The molecule has 0 spiro atoms. The first kappa shape index (κ1) is 13.4. The zero-order valence-corrected chi connectivity index (χ0v) is 11.7. The highest BCUT2D eigenvalue weighted by molar-refractivity contribution is 5.48. The molecule has 2 N–H and O–H groups in total. The fourth-order valence-corrected chi connectivity index (χ4v) is 2.99. The summed E-state index contributed by atoms with van der Waals surface area (Å²) >= 11 is 0. The molecule has 0 radical (unpaired) electrons. The molecule has 0 bridgehead atoms. The second kappa shape index (κ2) is 6.24. The van der Waals surface area contributed by atoms with Gasteiger partial charge >= 0.3 is 0 Å². The molecule has 1 aromatic carbocycles. The molecule has 1 aliphatic rings. The molecule has 2 nitrogen and oxygen atoms in total. The van der Waals surface area contributed by atoms with Gasteiger partial charge in [0.15, 0.2) is 0 Å². The van der Waals surface area contributed by atoms with Crippen LogP contribution in [0.3, 0.4) is 0 Å². The molecule has 18 heavy (non-hydrogen) atoms. The minimum Gasteiger partial charge on any atom is -0.371 e. The van der Waals surface area contributed by atoms with E-state index < -0.39 is 0 Å². The van der Waals surface area contributed by atoms with Gasteiger partial charge in [-0.25, -0.2) is 0 Å². The minimum atomic E-state index is 0.401. The lowest BCUT2D eigenvalue weighted by Crippen LogP contribution is -2.41. The molecule has 1 aliphatic carbocycles. The van der Waals surface area contributed by atoms with Gasteiger partial charge in [0.25, 0.3) is 0 Å². The standard InChI is InChI=1S/C16H26N2/c1-3-18(15-9-6-7-13(2)11-15)12-14-8-4-5-10-16(14)17/h6-7,9,11,14,16H,3-5,8,10,12,17H2,1-2H3. The molecule has 2 heteroatoms. The Bertz CT molecular complexity index is 375. The Balaban J connectivity index is 2.04. The van der Waals surface area contributed by atoms with Crippen molar-refractivity contribution in [2.24, 2.45) is 11.7 Å². The van der Waals surface area contributed by atoms with Crippen molar-refractivity contribution in [3.05, 3.63) is 29.8 Å². The van der Waals surface area contributed by atoms with Crippen molar-refractivity contribution in [3.63, 3.8) is 0 Å². The molecule has 0 amide bonds. The molecule has 0 aliphatic heterocycles. The summed E-state index contributed by atoms with van der Waals surface area (Å²) in [4.78, 5) is 2.48. The molecule has 2 rings (SSSR count). The fraction of sp³-hybridized carbons (Fsp3) is 0.625. The highest BCUT2D eigenvalue weighted by Crippen LogP contribution is 2.26. The van der Waals surface area contributed by atoms with Crippen molar-refractivity contribution in [2.45, 2.75) is 45.6 Å². The van der Waals surface area contributed by atoms with Crippen LogP contribution in [0.2, 0.25) is 0 Å². The van der Waals surface area contributed by atoms with Crippen molar-refractivity contribution in [3.8, 4) is 0 Å². The van der Waals surface area contributed by atoms with Gasteiger partial charge in [-0.2, -0.15) is 0 Å². The summed E-state index contributed by atoms with van der Waals surface area (Å²) in [5.74, 6) is 0.666. The predicted octanol–water partition coefficient (Wildman–Crippen LogP) is 3.34. The molecule has 2 unspecified atom stereocenters. The van der Waals surface area contributed by atoms with Gasteiger partial charge in [0, 0.05) is 24.8 Å². The molecule has 1 saturated carbocycles. The van der Waals surface area contributed by atoms with Crippen LogP contribution in [0.1, 0.15) is 38.2 Å². The molecule has 100 valence electrons. The van der Waals surface area contributed by atoms with Crippen LogP contribution in [-0.2, 0) is 0 Å². The van der Waals surface area contributed by atoms with E-state index in [0.29, 0.717) is 12.0 Å². The third-order valence-electron chi connectivity index (χ3n) is 4.17. The molecule has 1 fully saturated rings. The van der Waals surface area contributed by atoms with Gasteiger partial charge in [-0.05, 0) is 50.3 Å². The van der Waals surface area contributed by atoms with Gasteiger partial charge in [-0.15, -0.1) is 0 Å². The van der Waals surface area contributed by atoms with E-state index in [2.05, 4.69) is 43.0 Å². The SMILES string of the molecule is CCN(CC1CCCCC1N)c1cccc(C)c1. The first-order valence-electron chi connectivity index (χ1n) is 7.28. The number of aryl methyl sites for hydroxylation is 1. The van der Waals surface area contributed by atoms with E-state index in [1.165, 1.54) is 36.9 Å². The van der Waals surface area contributed by atoms with Crippen LogP contribution in [0.15, 0.2) is 24.3 Å². The van der Waals surface area contributed by atoms with Crippen LogP contribution in [0.5, 0.6) is 0 Å². The largest absolute Gasteiger partial charge is 0.371 e. The summed E-state index contributed by atoms with van der Waals surface area (Å²) in [6.45, 7) is 6.56. The Labute approximate surface area is 111 Å². The normalized spacial score (nSPS) is 23.9. The fourth-order valence-electron chi connectivity index (χ4n) is 2.99. The molecule has 2 atom stereocenters. The Morgan fingerprint density at radius 2 is 2.06 bits per heavy atom. The zero-order chi connectivity index (χ0) is 13.0. The smallest absolute Gasteiger partial charge is 0.0368 e. The van der Waals surface area contributed by atoms with Crippen molar-refractivity contribution in [1.29, 1.82) is 0 Å². The topological polar surface area (TPSA) is 29.3 Å². The van der Waals surface area contributed by atoms with Crippen LogP contribution in [0.4, 0.5) is 5.69 Å². The van der Waals surface area contributed by atoms with Crippen molar-refractivity contribution in [2.75, 3.05) is 18.0 Å². The maximum atomic E-state index is 6.26. The highest BCUT2D eigenvalue weighted by Gasteiger charge is 2.23. The number of rotatable bonds is 4. The van der Waals surface area contributed by atoms with Crippen molar-refractivity contribution in [1.82, 2.24) is 0 Å². The van der Waals surface area contributed by atoms with Crippen LogP contribution in [-0.4, -0.2) is 19.1 Å². The van der Waals surface area contributed by atoms with E-state index in [1.54, 1.807) is 0 Å². The second-order valence-corrected chi connectivity index (χ2v) is 5.59. The van der Waals surface area contributed by atoms with Crippen LogP contribution >= 0.6 is 0 Å². The maximum absolute atomic E-state index is 6.26. The number of nitrogens with two attached hydrogens (primary N) is 1. The van der Waals surface area contributed by atoms with E-state index in [1.807, 2.05) is 0 Å². The number of nitrogens with zero attached hydrogens (tertiary/aromatic N) is 1. The Morgan fingerprint density at radius 3 is 2.72 bits per heavy atom. The summed E-state index contributed by atoms with van der Waals surface area (Å²) in [6.07, 6.45) is 5.16. The molecular formula is C16H26N2. The Morgan fingerprint density at radius 1 is 1.28 bits per heavy atom. The molecule has 0 aromatic heterocycles. The number of hydrogen-bond acceptors (Lipinski definition) is 2. The summed E-state index contributed by atoms with van der Waals surface area (Å²) in [5, 5.41) is 0. The molecule has 1 aromatic rings. The third-order valence-corrected chi connectivity index (χ3v) is 4.17. The maximum Gasteiger partial charge on any atom is 0.0368 e. The van der Waals surface area contributed by atoms with Crippen LogP contribution in [0.25, 0.3) is 0 Å². The van der Waals surface area contributed by atoms with E-state index >= 15 is 0 Å². The minimum absolute atomic E-state index is 0.401. The average Bonchev–Trinajstić information content (AvgIpc) is 2.38. The lowest BCUT2D eigenvalue weighted by molar-refractivity contribution is 0.310. The summed E-state index contributed by atoms with van der Waals surface area (Å²) < 4.78 is 0. The van der Waals surface area contributed by atoms with Crippen molar-refractivity contribution >= 4 is 5.69 Å². The number of anilines is 1. The van der Waals surface area contributed by atoms with E-state index in [-0.39, 0.29) is 0 Å². The van der Waals surface area contributed by atoms with Gasteiger partial charge in [-0.3, -0.25) is 0 Å². The van der Waals surface area contributed by atoms with Gasteiger partial charge < -0.3 is 10.6 Å². The van der Waals surface area contributed by atoms with E-state index in [0.717, 1.165) is 13.1 Å². The van der Waals surface area contributed by atoms with Gasteiger partial charge in [-0.1, -0.05) is 25.0 Å². The predicted molar refractivity (Wildman–Crippen MR) is 79.0 cm³/mol. The third kappa shape index (κ3) is 3.26. The van der Waals surface area contributed by atoms with Gasteiger partial charge in [0.1, 0.15) is 0 Å². The first-order chi connectivity index (χ1) is 8.70. The quantitative estimate of drug-likeness (QED) is 0.883. The lowest BCUT2D eigenvalue weighted by Gasteiger charge is -2.34. The summed E-state index contributed by atoms with van der Waals surface area (Å²) in [5.41, 5.74) is 8.94. The number of hydrogen-bond donors (Lipinski definition) is 1. The number of benzene rings is 1. The van der Waals surface area contributed by atoms with Crippen LogP contribution in [0, 0.1) is 12.8 Å². The Kier molecular flexibility index (Phi) is 4.65. The molecular weight excluding hydrogens is 220 g/mol. The van der Waals surface area contributed by atoms with Crippen LogP contribution < -0.4 is 10.6 Å². The van der Waals surface area contributed by atoms with Crippen molar-refractivity contribution < 1.29 is 0 Å². The Hall–Kier alpha value is -1.02. The summed E-state index contributed by atoms with van der Waals surface area (Å²) in [7, 11) is 0. The zero-order valence-electron chi connectivity index (χ0n) is 11.7. The van der Waals surface area contributed by atoms with Gasteiger partial charge in [0.2, 0.25) is 0 Å². The molecule has 0 saturated heterocycles. The molecule has 0 heterocycles. The highest BCUT2D eigenvalue weighted by atomic mass is 15.1. The monoisotopic (exact) mass is 246 g/mol. The lowest BCUT2D eigenvalue weighted by atomic mass is 9.84. The second-order valence-electron chi connectivity index (χ2n) is 5.59. The summed E-state index contributed by atoms with van der Waals surface area (Å²) in [6, 6.07) is 9.19. The average molecular weight is 246 g/mol. The van der Waals surface area contributed by atoms with E-state index in [4.69, 9.17) is 5.73 Å². The van der Waals surface area contributed by atoms with Gasteiger partial charge in [0.05, 0.1) is 0 Å².